The molecule has 122 valence electrons. The zero-order chi connectivity index (χ0) is 16.3. The van der Waals surface area contributed by atoms with Crippen LogP contribution in [0.15, 0.2) is 18.2 Å². The van der Waals surface area contributed by atoms with E-state index < -0.39 is 33.4 Å². The van der Waals surface area contributed by atoms with E-state index in [4.69, 9.17) is 0 Å². The van der Waals surface area contributed by atoms with Crippen molar-refractivity contribution in [2.45, 2.75) is 32.2 Å². The molecule has 1 atom stereocenters. The Kier molecular flexibility index (Phi) is 5.16. The van der Waals surface area contributed by atoms with Gasteiger partial charge >= 0.3 is 0 Å². The summed E-state index contributed by atoms with van der Waals surface area (Å²) < 4.78 is 49.6. The SMILES string of the molecule is CCCCN(C(=O)c1ccc(F)c(F)c1)C1CCS(=O)(=O)C1. The molecule has 1 aromatic carbocycles. The second-order valence-corrected chi connectivity index (χ2v) is 7.77. The number of rotatable bonds is 5. The second kappa shape index (κ2) is 6.73. The van der Waals surface area contributed by atoms with Crippen LogP contribution < -0.4 is 0 Å². The highest BCUT2D eigenvalue weighted by atomic mass is 32.2. The Bertz CT molecular complexity index is 661. The fraction of sp³-hybridized carbons (Fsp3) is 0.533. The molecule has 7 heteroatoms. The van der Waals surface area contributed by atoms with Gasteiger partial charge in [0.2, 0.25) is 0 Å². The molecule has 0 spiro atoms. The normalized spacial score (nSPS) is 20.0. The Hall–Kier alpha value is -1.50. The van der Waals surface area contributed by atoms with E-state index in [1.54, 1.807) is 0 Å². The Morgan fingerprint density at radius 3 is 2.59 bits per heavy atom. The number of benzene rings is 1. The van der Waals surface area contributed by atoms with Crippen LogP contribution in [0.5, 0.6) is 0 Å². The number of carbonyl (C=O) groups excluding carboxylic acids is 1. The van der Waals surface area contributed by atoms with E-state index in [9.17, 15) is 22.0 Å². The molecule has 22 heavy (non-hydrogen) atoms. The smallest absolute Gasteiger partial charge is 0.254 e. The first-order valence-corrected chi connectivity index (χ1v) is 9.12. The number of amides is 1. The average molecular weight is 331 g/mol. The minimum Gasteiger partial charge on any atom is -0.335 e. The van der Waals surface area contributed by atoms with Crippen LogP contribution >= 0.6 is 0 Å². The van der Waals surface area contributed by atoms with E-state index in [0.29, 0.717) is 13.0 Å². The third-order valence-corrected chi connectivity index (χ3v) is 5.58. The summed E-state index contributed by atoms with van der Waals surface area (Å²) >= 11 is 0. The molecule has 1 aliphatic rings. The van der Waals surface area contributed by atoms with Crippen LogP contribution in [0, 0.1) is 11.6 Å². The van der Waals surface area contributed by atoms with E-state index in [1.165, 1.54) is 11.0 Å². The Balaban J connectivity index is 2.24. The van der Waals surface area contributed by atoms with Gasteiger partial charge in [-0.1, -0.05) is 13.3 Å². The fourth-order valence-electron chi connectivity index (χ4n) is 2.59. The van der Waals surface area contributed by atoms with E-state index in [1.807, 2.05) is 6.92 Å². The van der Waals surface area contributed by atoms with Crippen molar-refractivity contribution in [1.82, 2.24) is 4.90 Å². The van der Waals surface area contributed by atoms with Crippen LogP contribution in [0.4, 0.5) is 8.78 Å². The second-order valence-electron chi connectivity index (χ2n) is 5.54. The molecule has 1 aliphatic heterocycles. The molecule has 1 saturated heterocycles. The quantitative estimate of drug-likeness (QED) is 0.832. The van der Waals surface area contributed by atoms with Gasteiger partial charge in [-0.25, -0.2) is 17.2 Å². The number of sulfone groups is 1. The van der Waals surface area contributed by atoms with Crippen molar-refractivity contribution in [1.29, 1.82) is 0 Å². The Morgan fingerprint density at radius 2 is 2.05 bits per heavy atom. The van der Waals surface area contributed by atoms with Gasteiger partial charge in [0.05, 0.1) is 11.5 Å². The van der Waals surface area contributed by atoms with Crippen LogP contribution in [-0.2, 0) is 9.84 Å². The third kappa shape index (κ3) is 3.82. The minimum atomic E-state index is -3.12. The number of hydrogen-bond acceptors (Lipinski definition) is 3. The van der Waals surface area contributed by atoms with Crippen LogP contribution in [-0.4, -0.2) is 43.3 Å². The highest BCUT2D eigenvalue weighted by Gasteiger charge is 2.34. The van der Waals surface area contributed by atoms with E-state index in [-0.39, 0.29) is 17.1 Å². The van der Waals surface area contributed by atoms with Gasteiger partial charge in [-0.15, -0.1) is 0 Å². The molecular formula is C15H19F2NO3S. The molecule has 0 saturated carbocycles. The van der Waals surface area contributed by atoms with Gasteiger partial charge < -0.3 is 4.90 Å². The lowest BCUT2D eigenvalue weighted by Gasteiger charge is -2.28. The highest BCUT2D eigenvalue weighted by Crippen LogP contribution is 2.21. The molecular weight excluding hydrogens is 312 g/mol. The van der Waals surface area contributed by atoms with Gasteiger partial charge in [-0.05, 0) is 31.0 Å². The van der Waals surface area contributed by atoms with E-state index in [2.05, 4.69) is 0 Å². The van der Waals surface area contributed by atoms with Gasteiger partial charge in [-0.3, -0.25) is 4.79 Å². The summed E-state index contributed by atoms with van der Waals surface area (Å²) in [6.45, 7) is 2.38. The van der Waals surface area contributed by atoms with E-state index in [0.717, 1.165) is 25.0 Å². The number of unbranched alkanes of at least 4 members (excludes halogenated alkanes) is 1. The van der Waals surface area contributed by atoms with Gasteiger partial charge in [0, 0.05) is 18.2 Å². The van der Waals surface area contributed by atoms with Crippen LogP contribution in [0.25, 0.3) is 0 Å². The van der Waals surface area contributed by atoms with Gasteiger partial charge in [-0.2, -0.15) is 0 Å². The molecule has 4 nitrogen and oxygen atoms in total. The molecule has 1 amide bonds. The zero-order valence-electron chi connectivity index (χ0n) is 12.4. The molecule has 0 N–H and O–H groups in total. The third-order valence-electron chi connectivity index (χ3n) is 3.83. The van der Waals surface area contributed by atoms with Crippen molar-refractivity contribution in [2.24, 2.45) is 0 Å². The van der Waals surface area contributed by atoms with Crippen LogP contribution in [0.1, 0.15) is 36.5 Å². The van der Waals surface area contributed by atoms with Crippen molar-refractivity contribution < 1.29 is 22.0 Å². The first-order chi connectivity index (χ1) is 10.3. The summed E-state index contributed by atoms with van der Waals surface area (Å²) in [5.74, 6) is -2.55. The standard InChI is InChI=1S/C15H19F2NO3S/c1-2-3-7-18(12-6-8-22(20,21)10-12)15(19)11-4-5-13(16)14(17)9-11/h4-5,9,12H,2-3,6-8,10H2,1H3. The number of halogens is 2. The number of nitrogens with zero attached hydrogens (tertiary/aromatic N) is 1. The molecule has 1 heterocycles. The lowest BCUT2D eigenvalue weighted by molar-refractivity contribution is 0.0693. The first-order valence-electron chi connectivity index (χ1n) is 7.30. The average Bonchev–Trinajstić information content (AvgIpc) is 2.82. The van der Waals surface area contributed by atoms with Crippen molar-refractivity contribution in [2.75, 3.05) is 18.1 Å². The molecule has 0 bridgehead atoms. The molecule has 0 aromatic heterocycles. The van der Waals surface area contributed by atoms with E-state index >= 15 is 0 Å². The fourth-order valence-corrected chi connectivity index (χ4v) is 4.33. The van der Waals surface area contributed by atoms with Crippen LogP contribution in [0.3, 0.4) is 0 Å². The summed E-state index contributed by atoms with van der Waals surface area (Å²) in [6, 6.07) is 2.60. The summed E-state index contributed by atoms with van der Waals surface area (Å²) in [7, 11) is -3.12. The molecule has 0 aliphatic carbocycles. The largest absolute Gasteiger partial charge is 0.335 e. The van der Waals surface area contributed by atoms with Gasteiger partial charge in [0.15, 0.2) is 21.5 Å². The minimum absolute atomic E-state index is 0.0410. The van der Waals surface area contributed by atoms with Gasteiger partial charge in [0.1, 0.15) is 0 Å². The van der Waals surface area contributed by atoms with Gasteiger partial charge in [0.25, 0.3) is 5.91 Å². The van der Waals surface area contributed by atoms with Crippen molar-refractivity contribution in [3.63, 3.8) is 0 Å². The monoisotopic (exact) mass is 331 g/mol. The topological polar surface area (TPSA) is 54.5 Å². The Labute approximate surface area is 129 Å². The van der Waals surface area contributed by atoms with Crippen molar-refractivity contribution in [3.05, 3.63) is 35.4 Å². The highest BCUT2D eigenvalue weighted by molar-refractivity contribution is 7.91. The summed E-state index contributed by atoms with van der Waals surface area (Å²) in [5, 5.41) is 0. The lowest BCUT2D eigenvalue weighted by Crippen LogP contribution is -2.41. The number of carbonyl (C=O) groups is 1. The first kappa shape index (κ1) is 16.9. The lowest BCUT2D eigenvalue weighted by atomic mass is 10.1. The Morgan fingerprint density at radius 1 is 1.32 bits per heavy atom. The van der Waals surface area contributed by atoms with Crippen molar-refractivity contribution >= 4 is 15.7 Å². The molecule has 2 rings (SSSR count). The maximum atomic E-state index is 13.3. The van der Waals surface area contributed by atoms with Crippen LogP contribution in [0.2, 0.25) is 0 Å². The van der Waals surface area contributed by atoms with Crippen molar-refractivity contribution in [3.8, 4) is 0 Å². The molecule has 1 unspecified atom stereocenters. The molecule has 0 radical (unpaired) electrons. The summed E-state index contributed by atoms with van der Waals surface area (Å²) in [4.78, 5) is 14.0. The zero-order valence-corrected chi connectivity index (χ0v) is 13.2. The number of hydrogen-bond donors (Lipinski definition) is 0. The maximum absolute atomic E-state index is 13.3. The molecule has 1 fully saturated rings. The predicted molar refractivity (Wildman–Crippen MR) is 79.4 cm³/mol. The summed E-state index contributed by atoms with van der Waals surface area (Å²) in [6.07, 6.45) is 1.97. The maximum Gasteiger partial charge on any atom is 0.254 e. The summed E-state index contributed by atoms with van der Waals surface area (Å²) in [5.41, 5.74) is 0.0410. The predicted octanol–water partition coefficient (Wildman–Crippen LogP) is 2.39. The molecule has 1 aromatic rings.